The van der Waals surface area contributed by atoms with Crippen LogP contribution in [0, 0.1) is 0 Å². The third kappa shape index (κ3) is 4.20. The van der Waals surface area contributed by atoms with E-state index in [1.165, 1.54) is 6.92 Å². The van der Waals surface area contributed by atoms with Crippen molar-refractivity contribution < 1.29 is 35.0 Å². The number of aliphatic hydroxyl groups excluding tert-OH is 5. The van der Waals surface area contributed by atoms with Crippen LogP contribution < -0.4 is 0 Å². The molecule has 2 aliphatic heterocycles. The van der Waals surface area contributed by atoms with Crippen LogP contribution in [0.1, 0.15) is 41.2 Å². The van der Waals surface area contributed by atoms with Crippen molar-refractivity contribution in [3.8, 4) is 0 Å². The number of aliphatic hydroxyl groups is 5. The largest absolute Gasteiger partial charge is 0.396 e. The second kappa shape index (κ2) is 9.37. The van der Waals surface area contributed by atoms with E-state index in [2.05, 4.69) is 6.07 Å². The van der Waals surface area contributed by atoms with Crippen molar-refractivity contribution in [1.29, 1.82) is 0 Å². The summed E-state index contributed by atoms with van der Waals surface area (Å²) in [5.41, 5.74) is 4.19. The van der Waals surface area contributed by atoms with Crippen molar-refractivity contribution in [2.75, 3.05) is 6.61 Å². The van der Waals surface area contributed by atoms with Gasteiger partial charge in [0.05, 0.1) is 12.7 Å². The lowest BCUT2D eigenvalue weighted by molar-refractivity contribution is -0.374. The van der Waals surface area contributed by atoms with Crippen molar-refractivity contribution in [2.45, 2.75) is 69.1 Å². The fourth-order valence-corrected chi connectivity index (χ4v) is 4.83. The number of fused-ring (bicyclic) bond motifs is 2. The Hall–Kier alpha value is -1.55. The molecular formula is C24H29ClO7. The van der Waals surface area contributed by atoms with E-state index in [-0.39, 0.29) is 13.2 Å². The number of aryl methyl sites for hydroxylation is 1. The fraction of sp³-hybridized carbons (Fsp3) is 0.500. The van der Waals surface area contributed by atoms with Crippen LogP contribution in [0.5, 0.6) is 0 Å². The van der Waals surface area contributed by atoms with E-state index in [9.17, 15) is 20.4 Å². The standard InChI is InChI=1S/C24H29ClO7/c1-13(27)22-20(28)21(29)23(30)24(32-22)18-10-16(19(25)11-17(18)12-31-24)9-15-5-2-4-14(8-15)6-3-7-26/h2,4-5,8,10-11,13,20-23,26-30H,3,6-7,9,12H2,1H3/t13-,20+,21+,22-,23-,24+/m1/s1. The molecule has 7 nitrogen and oxygen atoms in total. The van der Waals surface area contributed by atoms with E-state index in [1.54, 1.807) is 12.1 Å². The van der Waals surface area contributed by atoms with Gasteiger partial charge in [0.25, 0.3) is 0 Å². The van der Waals surface area contributed by atoms with Gasteiger partial charge in [-0.25, -0.2) is 0 Å². The van der Waals surface area contributed by atoms with Crippen LogP contribution in [0.4, 0.5) is 0 Å². The first-order valence-corrected chi connectivity index (χ1v) is 11.2. The zero-order valence-corrected chi connectivity index (χ0v) is 18.6. The highest BCUT2D eigenvalue weighted by atomic mass is 35.5. The summed E-state index contributed by atoms with van der Waals surface area (Å²) in [5.74, 6) is -1.71. The van der Waals surface area contributed by atoms with Gasteiger partial charge in [0, 0.05) is 17.2 Å². The Balaban J connectivity index is 1.68. The molecule has 174 valence electrons. The van der Waals surface area contributed by atoms with Crippen molar-refractivity contribution in [2.24, 2.45) is 0 Å². The van der Waals surface area contributed by atoms with E-state index in [4.69, 9.17) is 26.2 Å². The van der Waals surface area contributed by atoms with E-state index in [0.717, 1.165) is 23.1 Å². The van der Waals surface area contributed by atoms with Gasteiger partial charge in [-0.1, -0.05) is 35.9 Å². The lowest BCUT2D eigenvalue weighted by atomic mass is 9.85. The minimum Gasteiger partial charge on any atom is -0.396 e. The molecule has 0 aliphatic carbocycles. The van der Waals surface area contributed by atoms with Crippen LogP contribution >= 0.6 is 11.6 Å². The summed E-state index contributed by atoms with van der Waals surface area (Å²) >= 11 is 6.55. The first-order valence-electron chi connectivity index (χ1n) is 10.8. The Kier molecular flexibility index (Phi) is 6.91. The summed E-state index contributed by atoms with van der Waals surface area (Å²) in [4.78, 5) is 0. The molecule has 1 spiro atoms. The number of benzene rings is 2. The first kappa shape index (κ1) is 23.6. The highest BCUT2D eigenvalue weighted by molar-refractivity contribution is 6.31. The first-order chi connectivity index (χ1) is 15.3. The zero-order valence-electron chi connectivity index (χ0n) is 17.8. The summed E-state index contributed by atoms with van der Waals surface area (Å²) in [6.45, 7) is 1.69. The Bertz CT molecular complexity index is 965. The van der Waals surface area contributed by atoms with Gasteiger partial charge in [-0.2, -0.15) is 0 Å². The van der Waals surface area contributed by atoms with Crippen molar-refractivity contribution >= 4 is 11.6 Å². The van der Waals surface area contributed by atoms with Crippen molar-refractivity contribution in [3.63, 3.8) is 0 Å². The second-order valence-corrected chi connectivity index (χ2v) is 9.04. The predicted octanol–water partition coefficient (Wildman–Crippen LogP) is 1.40. The van der Waals surface area contributed by atoms with Crippen LogP contribution in [0.25, 0.3) is 0 Å². The molecule has 2 heterocycles. The third-order valence-corrected chi connectivity index (χ3v) is 6.64. The molecular weight excluding hydrogens is 436 g/mol. The zero-order chi connectivity index (χ0) is 23.0. The Morgan fingerprint density at radius 2 is 1.88 bits per heavy atom. The molecule has 6 atom stereocenters. The highest BCUT2D eigenvalue weighted by Crippen LogP contribution is 2.47. The Morgan fingerprint density at radius 1 is 1.12 bits per heavy atom. The van der Waals surface area contributed by atoms with Crippen molar-refractivity contribution in [1.82, 2.24) is 0 Å². The van der Waals surface area contributed by atoms with E-state index in [0.29, 0.717) is 29.0 Å². The highest BCUT2D eigenvalue weighted by Gasteiger charge is 2.59. The molecule has 2 aliphatic rings. The van der Waals surface area contributed by atoms with Gasteiger partial charge in [0.1, 0.15) is 24.4 Å². The molecule has 2 aromatic carbocycles. The lowest BCUT2D eigenvalue weighted by Gasteiger charge is -2.47. The van der Waals surface area contributed by atoms with E-state index < -0.39 is 36.3 Å². The molecule has 2 aromatic rings. The average molecular weight is 465 g/mol. The fourth-order valence-electron chi connectivity index (χ4n) is 4.57. The molecule has 1 saturated heterocycles. The summed E-state index contributed by atoms with van der Waals surface area (Å²) in [5, 5.41) is 51.2. The van der Waals surface area contributed by atoms with E-state index in [1.807, 2.05) is 18.2 Å². The number of rotatable bonds is 6. The van der Waals surface area contributed by atoms with Crippen LogP contribution in [0.3, 0.4) is 0 Å². The summed E-state index contributed by atoms with van der Waals surface area (Å²) in [6, 6.07) is 11.6. The van der Waals surface area contributed by atoms with Gasteiger partial charge in [-0.15, -0.1) is 0 Å². The Morgan fingerprint density at radius 3 is 2.59 bits per heavy atom. The maximum absolute atomic E-state index is 10.8. The smallest absolute Gasteiger partial charge is 0.225 e. The normalized spacial score (nSPS) is 30.5. The number of ether oxygens (including phenoxy) is 2. The quantitative estimate of drug-likeness (QED) is 0.438. The topological polar surface area (TPSA) is 120 Å². The van der Waals surface area contributed by atoms with Crippen LogP contribution in [0.15, 0.2) is 36.4 Å². The number of hydrogen-bond acceptors (Lipinski definition) is 7. The second-order valence-electron chi connectivity index (χ2n) is 8.63. The molecule has 0 radical (unpaired) electrons. The van der Waals surface area contributed by atoms with Gasteiger partial charge in [-0.3, -0.25) is 0 Å². The maximum atomic E-state index is 10.8. The molecule has 4 rings (SSSR count). The molecule has 5 N–H and O–H groups in total. The minimum atomic E-state index is -1.71. The summed E-state index contributed by atoms with van der Waals surface area (Å²) in [7, 11) is 0. The lowest BCUT2D eigenvalue weighted by Crippen LogP contribution is -2.64. The van der Waals surface area contributed by atoms with Crippen LogP contribution in [-0.2, 0) is 34.7 Å². The molecule has 0 saturated carbocycles. The monoisotopic (exact) mass is 464 g/mol. The molecule has 0 aromatic heterocycles. The molecule has 32 heavy (non-hydrogen) atoms. The van der Waals surface area contributed by atoms with Gasteiger partial charge >= 0.3 is 0 Å². The number of hydrogen-bond donors (Lipinski definition) is 5. The molecule has 0 amide bonds. The van der Waals surface area contributed by atoms with Crippen LogP contribution in [-0.4, -0.2) is 62.7 Å². The van der Waals surface area contributed by atoms with Gasteiger partial charge in [0.15, 0.2) is 0 Å². The summed E-state index contributed by atoms with van der Waals surface area (Å²) in [6.07, 6.45) is -4.81. The Labute approximate surface area is 191 Å². The minimum absolute atomic E-state index is 0.110. The SMILES string of the molecule is C[C@@H](O)[C@H]1O[C@]2(OCc3cc(Cl)c(Cc4cccc(CCCO)c4)cc32)[C@H](O)[C@@H](O)[C@@H]1O. The summed E-state index contributed by atoms with van der Waals surface area (Å²) < 4.78 is 11.8. The average Bonchev–Trinajstić information content (AvgIpc) is 3.11. The van der Waals surface area contributed by atoms with Crippen LogP contribution in [0.2, 0.25) is 5.02 Å². The molecule has 1 fully saturated rings. The van der Waals surface area contributed by atoms with E-state index >= 15 is 0 Å². The van der Waals surface area contributed by atoms with Gasteiger partial charge in [0.2, 0.25) is 5.79 Å². The number of halogens is 1. The molecule has 0 bridgehead atoms. The van der Waals surface area contributed by atoms with Gasteiger partial charge < -0.3 is 35.0 Å². The van der Waals surface area contributed by atoms with Gasteiger partial charge in [-0.05, 0) is 60.6 Å². The predicted molar refractivity (Wildman–Crippen MR) is 117 cm³/mol. The van der Waals surface area contributed by atoms with Crippen molar-refractivity contribution in [3.05, 3.63) is 69.2 Å². The maximum Gasteiger partial charge on any atom is 0.225 e. The third-order valence-electron chi connectivity index (χ3n) is 6.29. The molecule has 8 heteroatoms. The molecule has 0 unspecified atom stereocenters.